The van der Waals surface area contributed by atoms with Gasteiger partial charge in [0, 0.05) is 44.0 Å². The van der Waals surface area contributed by atoms with Crippen LogP contribution in [0.1, 0.15) is 19.4 Å². The maximum absolute atomic E-state index is 12.5. The maximum atomic E-state index is 12.5. The van der Waals surface area contributed by atoms with Gasteiger partial charge >= 0.3 is 0 Å². The van der Waals surface area contributed by atoms with Gasteiger partial charge in [-0.15, -0.1) is 0 Å². The fourth-order valence-electron chi connectivity index (χ4n) is 3.00. The minimum Gasteiger partial charge on any atom is -0.380 e. The van der Waals surface area contributed by atoms with E-state index in [2.05, 4.69) is 10.3 Å². The van der Waals surface area contributed by atoms with Crippen LogP contribution in [0.5, 0.6) is 0 Å². The molecule has 0 fully saturated rings. The molecule has 0 bridgehead atoms. The van der Waals surface area contributed by atoms with Crippen LogP contribution in [0.25, 0.3) is 16.3 Å². The molecule has 10 heteroatoms. The molecular formula is C22H22N4O5S. The van der Waals surface area contributed by atoms with Crippen molar-refractivity contribution < 1.29 is 19.2 Å². The number of nitro groups is 1. The third-order valence-electron chi connectivity index (χ3n) is 4.37. The van der Waals surface area contributed by atoms with Crippen molar-refractivity contribution >= 4 is 50.8 Å². The largest absolute Gasteiger partial charge is 0.380 e. The molecule has 1 N–H and O–H groups in total. The summed E-state index contributed by atoms with van der Waals surface area (Å²) in [5, 5.41) is 13.7. The highest BCUT2D eigenvalue weighted by Crippen LogP contribution is 2.22. The predicted octanol–water partition coefficient (Wildman–Crippen LogP) is 3.75. The summed E-state index contributed by atoms with van der Waals surface area (Å²) in [6, 6.07) is 11.5. The number of hydrogen-bond donors (Lipinski definition) is 1. The molecule has 0 radical (unpaired) electrons. The number of thiazole rings is 1. The summed E-state index contributed by atoms with van der Waals surface area (Å²) in [5.41, 5.74) is 2.01. The Balaban J connectivity index is 1.94. The number of nitrogens with zero attached hydrogens (tertiary/aromatic N) is 3. The lowest BCUT2D eigenvalue weighted by atomic mass is 10.2. The van der Waals surface area contributed by atoms with E-state index in [1.807, 2.05) is 23.6 Å². The standard InChI is InChI=1S/C22H22N4O5S/c1-3-31-12-11-25-19-9-8-17(23-15(2)27)14-20(19)32-22(25)24-21(28)10-7-16-5-4-6-18(13-16)26(29)30/h4-10,13-14H,3,11-12H2,1-2H3,(H,23,27). The smallest absolute Gasteiger partial charge is 0.272 e. The highest BCUT2D eigenvalue weighted by Gasteiger charge is 2.09. The van der Waals surface area contributed by atoms with Gasteiger partial charge in [0.05, 0.1) is 21.7 Å². The van der Waals surface area contributed by atoms with Crippen molar-refractivity contribution in [3.8, 4) is 0 Å². The van der Waals surface area contributed by atoms with Crippen LogP contribution in [-0.4, -0.2) is 34.5 Å². The number of aromatic nitrogens is 1. The molecule has 1 aromatic heterocycles. The number of ether oxygens (including phenoxy) is 1. The monoisotopic (exact) mass is 454 g/mol. The number of rotatable bonds is 8. The Kier molecular flexibility index (Phi) is 7.63. The van der Waals surface area contributed by atoms with Gasteiger partial charge in [-0.05, 0) is 36.8 Å². The van der Waals surface area contributed by atoms with E-state index in [-0.39, 0.29) is 11.6 Å². The number of benzene rings is 2. The lowest BCUT2D eigenvalue weighted by Gasteiger charge is -2.06. The number of hydrogen-bond acceptors (Lipinski definition) is 6. The highest BCUT2D eigenvalue weighted by atomic mass is 32.1. The quantitative estimate of drug-likeness (QED) is 0.241. The summed E-state index contributed by atoms with van der Waals surface area (Å²) in [6.45, 7) is 4.89. The number of carbonyl (C=O) groups excluding carboxylic acids is 2. The zero-order valence-electron chi connectivity index (χ0n) is 17.6. The molecule has 0 unspecified atom stereocenters. The second kappa shape index (κ2) is 10.6. The SMILES string of the molecule is CCOCCn1c(=NC(=O)C=Cc2cccc([N+](=O)[O-])c2)sc2cc(NC(C)=O)ccc21. The zero-order valence-corrected chi connectivity index (χ0v) is 18.4. The highest BCUT2D eigenvalue weighted by molar-refractivity contribution is 7.16. The first-order chi connectivity index (χ1) is 15.4. The molecule has 166 valence electrons. The number of anilines is 1. The fourth-order valence-corrected chi connectivity index (χ4v) is 4.10. The lowest BCUT2D eigenvalue weighted by molar-refractivity contribution is -0.384. The maximum Gasteiger partial charge on any atom is 0.272 e. The third kappa shape index (κ3) is 5.96. The van der Waals surface area contributed by atoms with Crippen molar-refractivity contribution in [1.29, 1.82) is 0 Å². The van der Waals surface area contributed by atoms with E-state index in [9.17, 15) is 19.7 Å². The van der Waals surface area contributed by atoms with Gasteiger partial charge in [-0.2, -0.15) is 4.99 Å². The normalized spacial score (nSPS) is 11.9. The Morgan fingerprint density at radius 2 is 2.09 bits per heavy atom. The molecule has 9 nitrogen and oxygen atoms in total. The van der Waals surface area contributed by atoms with Crippen LogP contribution in [0.3, 0.4) is 0 Å². The second-order valence-corrected chi connectivity index (χ2v) is 7.74. The average molecular weight is 455 g/mol. The molecule has 0 aliphatic rings. The van der Waals surface area contributed by atoms with Crippen LogP contribution >= 0.6 is 11.3 Å². The van der Waals surface area contributed by atoms with Crippen molar-refractivity contribution in [1.82, 2.24) is 4.57 Å². The molecule has 0 saturated carbocycles. The van der Waals surface area contributed by atoms with Crippen molar-refractivity contribution in [2.75, 3.05) is 18.5 Å². The Morgan fingerprint density at radius 3 is 2.81 bits per heavy atom. The minimum absolute atomic E-state index is 0.0511. The summed E-state index contributed by atoms with van der Waals surface area (Å²) in [5.74, 6) is -0.660. The van der Waals surface area contributed by atoms with Crippen LogP contribution in [0, 0.1) is 10.1 Å². The Hall–Kier alpha value is -3.63. The first kappa shape index (κ1) is 23.0. The van der Waals surface area contributed by atoms with Crippen LogP contribution in [-0.2, 0) is 20.9 Å². The van der Waals surface area contributed by atoms with E-state index in [0.29, 0.717) is 35.8 Å². The van der Waals surface area contributed by atoms with Gasteiger partial charge in [-0.25, -0.2) is 0 Å². The number of carbonyl (C=O) groups is 2. The van der Waals surface area contributed by atoms with E-state index in [1.54, 1.807) is 18.2 Å². The molecule has 32 heavy (non-hydrogen) atoms. The molecule has 0 aliphatic carbocycles. The average Bonchev–Trinajstić information content (AvgIpc) is 3.08. The van der Waals surface area contributed by atoms with Gasteiger partial charge in [0.2, 0.25) is 5.91 Å². The summed E-state index contributed by atoms with van der Waals surface area (Å²) in [7, 11) is 0. The van der Waals surface area contributed by atoms with E-state index >= 15 is 0 Å². The number of nitro benzene ring substituents is 1. The van der Waals surface area contributed by atoms with Crippen molar-refractivity contribution in [2.24, 2.45) is 4.99 Å². The zero-order chi connectivity index (χ0) is 23.1. The van der Waals surface area contributed by atoms with Gasteiger partial charge in [0.15, 0.2) is 4.80 Å². The van der Waals surface area contributed by atoms with Gasteiger partial charge < -0.3 is 14.6 Å². The van der Waals surface area contributed by atoms with E-state index < -0.39 is 10.8 Å². The van der Waals surface area contributed by atoms with Crippen molar-refractivity contribution in [2.45, 2.75) is 20.4 Å². The third-order valence-corrected chi connectivity index (χ3v) is 5.41. The van der Waals surface area contributed by atoms with Crippen LogP contribution in [0.15, 0.2) is 53.5 Å². The Labute approximate surface area is 187 Å². The first-order valence-corrected chi connectivity index (χ1v) is 10.7. The molecule has 2 amide bonds. The topological polar surface area (TPSA) is 116 Å². The van der Waals surface area contributed by atoms with Gasteiger partial charge in [-0.3, -0.25) is 19.7 Å². The van der Waals surface area contributed by atoms with Crippen molar-refractivity contribution in [3.05, 3.63) is 69.0 Å². The molecule has 3 rings (SSSR count). The van der Waals surface area contributed by atoms with E-state index in [1.165, 1.54) is 42.5 Å². The van der Waals surface area contributed by atoms with Crippen molar-refractivity contribution in [3.63, 3.8) is 0 Å². The number of nitrogens with one attached hydrogen (secondary N) is 1. The molecule has 2 aromatic carbocycles. The molecule has 0 atom stereocenters. The van der Waals surface area contributed by atoms with E-state index in [0.717, 1.165) is 10.2 Å². The molecule has 3 aromatic rings. The number of fused-ring (bicyclic) bond motifs is 1. The van der Waals surface area contributed by atoms with E-state index in [4.69, 9.17) is 4.74 Å². The van der Waals surface area contributed by atoms with Gasteiger partial charge in [-0.1, -0.05) is 23.5 Å². The minimum atomic E-state index is -0.490. The predicted molar refractivity (Wildman–Crippen MR) is 123 cm³/mol. The fraction of sp³-hybridized carbons (Fsp3) is 0.227. The molecule has 1 heterocycles. The molecule has 0 spiro atoms. The summed E-state index contributed by atoms with van der Waals surface area (Å²) in [4.78, 5) is 39.0. The van der Waals surface area contributed by atoms with Gasteiger partial charge in [0.1, 0.15) is 0 Å². The summed E-state index contributed by atoms with van der Waals surface area (Å²) < 4.78 is 8.22. The molecule has 0 saturated heterocycles. The first-order valence-electron chi connectivity index (χ1n) is 9.87. The number of non-ortho nitro benzene ring substituents is 1. The van der Waals surface area contributed by atoms with Crippen LogP contribution in [0.2, 0.25) is 0 Å². The van der Waals surface area contributed by atoms with Gasteiger partial charge in [0.25, 0.3) is 11.6 Å². The Morgan fingerprint density at radius 1 is 1.28 bits per heavy atom. The Bertz CT molecular complexity index is 1260. The van der Waals surface area contributed by atoms with Crippen LogP contribution < -0.4 is 10.1 Å². The molecule has 0 aliphatic heterocycles. The number of amides is 2. The molecular weight excluding hydrogens is 432 g/mol. The summed E-state index contributed by atoms with van der Waals surface area (Å²) >= 11 is 1.32. The summed E-state index contributed by atoms with van der Waals surface area (Å²) in [6.07, 6.45) is 2.77. The lowest BCUT2D eigenvalue weighted by Crippen LogP contribution is -2.19. The van der Waals surface area contributed by atoms with Crippen LogP contribution in [0.4, 0.5) is 11.4 Å². The second-order valence-electron chi connectivity index (χ2n) is 6.73.